The molecule has 3 nitrogen and oxygen atoms in total. The van der Waals surface area contributed by atoms with Crippen molar-refractivity contribution >= 4 is 12.3 Å². The third-order valence-electron chi connectivity index (χ3n) is 6.51. The van der Waals surface area contributed by atoms with Gasteiger partial charge in [0.2, 0.25) is 0 Å². The Morgan fingerprint density at radius 2 is 2.13 bits per heavy atom. The Kier molecular flexibility index (Phi) is 9.34. The summed E-state index contributed by atoms with van der Waals surface area (Å²) in [5.74, 6) is 6.82. The molecule has 31 heavy (non-hydrogen) atoms. The van der Waals surface area contributed by atoms with Crippen molar-refractivity contribution in [3.8, 4) is 11.8 Å². The van der Waals surface area contributed by atoms with Crippen LogP contribution in [0.5, 0.6) is 0 Å². The summed E-state index contributed by atoms with van der Waals surface area (Å²) in [4.78, 5) is 4.64. The molecule has 0 bridgehead atoms. The molecule has 1 N–H and O–H groups in total. The summed E-state index contributed by atoms with van der Waals surface area (Å²) < 4.78 is 0. The normalized spacial score (nSPS) is 15.9. The first-order valence-corrected chi connectivity index (χ1v) is 11.3. The molecule has 2 atom stereocenters. The van der Waals surface area contributed by atoms with E-state index in [1.165, 1.54) is 27.8 Å². The van der Waals surface area contributed by atoms with Crippen LogP contribution in [0.15, 0.2) is 48.2 Å². The predicted molar refractivity (Wildman–Crippen MR) is 136 cm³/mol. The van der Waals surface area contributed by atoms with Gasteiger partial charge in [0.15, 0.2) is 0 Å². The minimum absolute atomic E-state index is 0.0806. The minimum atomic E-state index is 0.0806. The van der Waals surface area contributed by atoms with Gasteiger partial charge in [0.25, 0.3) is 0 Å². The third kappa shape index (κ3) is 5.99. The molecule has 0 fully saturated rings. The summed E-state index contributed by atoms with van der Waals surface area (Å²) >= 11 is 0. The van der Waals surface area contributed by atoms with Gasteiger partial charge in [-0.05, 0) is 69.3 Å². The van der Waals surface area contributed by atoms with E-state index in [-0.39, 0.29) is 12.0 Å². The predicted octanol–water partition coefficient (Wildman–Crippen LogP) is 5.89. The van der Waals surface area contributed by atoms with Gasteiger partial charge in [-0.1, -0.05) is 55.9 Å². The lowest BCUT2D eigenvalue weighted by Crippen LogP contribution is -2.34. The molecule has 0 aliphatic carbocycles. The van der Waals surface area contributed by atoms with Crippen molar-refractivity contribution in [2.75, 3.05) is 26.7 Å². The second kappa shape index (κ2) is 11.7. The Balaban J connectivity index is 2.48. The van der Waals surface area contributed by atoms with Crippen molar-refractivity contribution in [2.45, 2.75) is 58.9 Å². The van der Waals surface area contributed by atoms with E-state index < -0.39 is 0 Å². The lowest BCUT2D eigenvalue weighted by molar-refractivity contribution is 0.297. The van der Waals surface area contributed by atoms with Gasteiger partial charge in [0.1, 0.15) is 0 Å². The van der Waals surface area contributed by atoms with Crippen molar-refractivity contribution < 1.29 is 0 Å². The van der Waals surface area contributed by atoms with E-state index in [9.17, 15) is 0 Å². The zero-order valence-electron chi connectivity index (χ0n) is 20.1. The second-order valence-corrected chi connectivity index (χ2v) is 8.53. The van der Waals surface area contributed by atoms with Crippen LogP contribution in [-0.2, 0) is 6.42 Å². The molecule has 3 heteroatoms. The minimum Gasteiger partial charge on any atom is -0.371 e. The van der Waals surface area contributed by atoms with Crippen LogP contribution in [0.25, 0.3) is 6.08 Å². The van der Waals surface area contributed by atoms with Crippen LogP contribution in [0.2, 0.25) is 0 Å². The number of hydrogen-bond donors (Lipinski definition) is 1. The van der Waals surface area contributed by atoms with E-state index in [4.69, 9.17) is 5.41 Å². The van der Waals surface area contributed by atoms with Crippen LogP contribution >= 0.6 is 0 Å². The highest BCUT2D eigenvalue weighted by Crippen LogP contribution is 2.35. The van der Waals surface area contributed by atoms with Crippen LogP contribution in [0.3, 0.4) is 0 Å². The highest BCUT2D eigenvalue weighted by atomic mass is 15.1. The molecule has 1 aromatic carbocycles. The molecule has 0 spiro atoms. The maximum absolute atomic E-state index is 7.71. The molecule has 0 amide bonds. The summed E-state index contributed by atoms with van der Waals surface area (Å²) in [6, 6.07) is 6.70. The smallest absolute Gasteiger partial charge is 0.0684 e. The maximum Gasteiger partial charge on any atom is 0.0684 e. The third-order valence-corrected chi connectivity index (χ3v) is 6.51. The largest absolute Gasteiger partial charge is 0.371 e. The quantitative estimate of drug-likeness (QED) is 0.292. The molecule has 2 rings (SSSR count). The standard InChI is InChI=1S/C28H39N3/c1-8-12-26(28-20-31(21(4)5)18-15-22(28)6)27-14-11-13-23(9-2)25(27)16-17-30(7)24(10-3)19-29/h9,11,13-14,19,24,26,29H,2,4,10,15-18,20H2,1,3,5-7H3. The van der Waals surface area contributed by atoms with E-state index in [1.807, 2.05) is 13.0 Å². The molecule has 0 saturated heterocycles. The van der Waals surface area contributed by atoms with Crippen LogP contribution in [-0.4, -0.2) is 48.7 Å². The molecule has 2 unspecified atom stereocenters. The van der Waals surface area contributed by atoms with Crippen molar-refractivity contribution in [1.29, 1.82) is 5.41 Å². The SMILES string of the molecule is C=Cc1cccc(C(C#CC)C2=C(C)CCN(C(=C)C)C2)c1CCN(C)C(C=N)CC. The summed E-state index contributed by atoms with van der Waals surface area (Å²) in [5, 5.41) is 7.71. The molecular weight excluding hydrogens is 378 g/mol. The summed E-state index contributed by atoms with van der Waals surface area (Å²) in [6.45, 7) is 19.5. The Hall–Kier alpha value is -2.57. The topological polar surface area (TPSA) is 30.3 Å². The average molecular weight is 418 g/mol. The molecule has 1 aliphatic rings. The highest BCUT2D eigenvalue weighted by molar-refractivity contribution is 5.61. The number of allylic oxidation sites excluding steroid dienone is 1. The second-order valence-electron chi connectivity index (χ2n) is 8.53. The van der Waals surface area contributed by atoms with E-state index in [2.05, 4.69) is 80.8 Å². The maximum atomic E-state index is 7.71. The zero-order chi connectivity index (χ0) is 23.0. The summed E-state index contributed by atoms with van der Waals surface area (Å²) in [7, 11) is 2.11. The molecule has 1 aliphatic heterocycles. The number of rotatable bonds is 10. The number of nitrogens with one attached hydrogen (secondary N) is 1. The molecule has 166 valence electrons. The van der Waals surface area contributed by atoms with E-state index >= 15 is 0 Å². The molecule has 1 aromatic rings. The lowest BCUT2D eigenvalue weighted by Gasteiger charge is -2.35. The van der Waals surface area contributed by atoms with Gasteiger partial charge in [-0.2, -0.15) is 0 Å². The number of likely N-dealkylation sites (N-methyl/N-ethyl adjacent to an activating group) is 1. The fourth-order valence-corrected chi connectivity index (χ4v) is 4.43. The average Bonchev–Trinajstić information content (AvgIpc) is 2.77. The van der Waals surface area contributed by atoms with Gasteiger partial charge >= 0.3 is 0 Å². The fourth-order valence-electron chi connectivity index (χ4n) is 4.43. The van der Waals surface area contributed by atoms with Gasteiger partial charge in [-0.3, -0.25) is 4.90 Å². The van der Waals surface area contributed by atoms with E-state index in [1.54, 1.807) is 6.21 Å². The summed E-state index contributed by atoms with van der Waals surface area (Å²) in [6.07, 6.45) is 6.43. The number of nitrogens with zero attached hydrogens (tertiary/aromatic N) is 2. The van der Waals surface area contributed by atoms with Crippen molar-refractivity contribution in [3.05, 3.63) is 64.9 Å². The molecular formula is C28H39N3. The van der Waals surface area contributed by atoms with E-state index in [0.29, 0.717) is 0 Å². The van der Waals surface area contributed by atoms with Crippen LogP contribution in [0.4, 0.5) is 0 Å². The Morgan fingerprint density at radius 1 is 1.39 bits per heavy atom. The first kappa shape index (κ1) is 24.7. The van der Waals surface area contributed by atoms with Gasteiger partial charge in [0, 0.05) is 37.6 Å². The molecule has 1 heterocycles. The Bertz CT molecular complexity index is 897. The van der Waals surface area contributed by atoms with Gasteiger partial charge in [0.05, 0.1) is 5.92 Å². The zero-order valence-corrected chi connectivity index (χ0v) is 20.1. The van der Waals surface area contributed by atoms with Gasteiger partial charge < -0.3 is 10.3 Å². The fraction of sp³-hybridized carbons (Fsp3) is 0.464. The first-order valence-electron chi connectivity index (χ1n) is 11.3. The Labute approximate surface area is 190 Å². The van der Waals surface area contributed by atoms with Crippen LogP contribution in [0.1, 0.15) is 63.1 Å². The Morgan fingerprint density at radius 3 is 2.71 bits per heavy atom. The van der Waals surface area contributed by atoms with Gasteiger partial charge in [-0.15, -0.1) is 5.92 Å². The summed E-state index contributed by atoms with van der Waals surface area (Å²) in [5.41, 5.74) is 7.78. The highest BCUT2D eigenvalue weighted by Gasteiger charge is 2.26. The van der Waals surface area contributed by atoms with Crippen molar-refractivity contribution in [3.63, 3.8) is 0 Å². The molecule has 0 aromatic heterocycles. The van der Waals surface area contributed by atoms with Gasteiger partial charge in [-0.25, -0.2) is 0 Å². The van der Waals surface area contributed by atoms with Crippen LogP contribution in [0, 0.1) is 17.3 Å². The number of hydrogen-bond acceptors (Lipinski definition) is 3. The molecule has 0 saturated carbocycles. The molecule has 0 radical (unpaired) electrons. The lowest BCUT2D eigenvalue weighted by atomic mass is 9.81. The monoisotopic (exact) mass is 417 g/mol. The van der Waals surface area contributed by atoms with Crippen molar-refractivity contribution in [1.82, 2.24) is 9.80 Å². The van der Waals surface area contributed by atoms with Crippen LogP contribution < -0.4 is 0 Å². The first-order chi connectivity index (χ1) is 14.9. The number of benzene rings is 1. The van der Waals surface area contributed by atoms with Crippen molar-refractivity contribution in [2.24, 2.45) is 0 Å². The van der Waals surface area contributed by atoms with E-state index in [0.717, 1.165) is 44.6 Å².